The Morgan fingerprint density at radius 1 is 1.14 bits per heavy atom. The van der Waals surface area contributed by atoms with E-state index < -0.39 is 43.0 Å². The molecule has 0 aromatic rings. The normalized spacial score (nSPS) is 30.6. The largest absolute Gasteiger partial charge is 2.00 e. The van der Waals surface area contributed by atoms with Gasteiger partial charge in [0.15, 0.2) is 6.17 Å². The molecule has 0 amide bonds. The van der Waals surface area contributed by atoms with Crippen LogP contribution in [0.25, 0.3) is 0 Å². The van der Waals surface area contributed by atoms with E-state index in [1.165, 1.54) is 6.42 Å². The number of halogens is 5. The summed E-state index contributed by atoms with van der Waals surface area (Å²) in [5.74, 6) is 0.546. The summed E-state index contributed by atoms with van der Waals surface area (Å²) in [6, 6.07) is 0.165. The van der Waals surface area contributed by atoms with E-state index in [4.69, 9.17) is 5.73 Å². The standard InChI is InChI=1S/C28H50F5N6OS.CH3.U/c1-3-4-5-6-21-24(38-21)17(2)36-26(23(29)25(34)39-14-27(30,15-39)18-7-8-18)35-16-41-20-11-9-19(10-12-20)37-22(40)13-28(31,32)33;;/h17-26,35-38,40H,2-16,34H2,1H3;1H3;/q2*-1;+2. The first-order chi connectivity index (χ1) is 19.4. The molecule has 7 nitrogen and oxygen atoms in total. The van der Waals surface area contributed by atoms with E-state index in [0.29, 0.717) is 24.8 Å². The van der Waals surface area contributed by atoms with Gasteiger partial charge in [-0.05, 0) is 50.9 Å². The predicted molar refractivity (Wildman–Crippen MR) is 160 cm³/mol. The molecule has 14 heteroatoms. The molecule has 0 radical (unpaired) electrons. The summed E-state index contributed by atoms with van der Waals surface area (Å²) in [4.78, 5) is 1.69. The van der Waals surface area contributed by atoms with Crippen LogP contribution in [-0.4, -0.2) is 95.0 Å². The van der Waals surface area contributed by atoms with Crippen LogP contribution in [0.1, 0.15) is 77.6 Å². The summed E-state index contributed by atoms with van der Waals surface area (Å²) in [6.07, 6.45) is -1.19. The van der Waals surface area contributed by atoms with Gasteiger partial charge in [-0.3, -0.25) is 15.5 Å². The second kappa shape index (κ2) is 17.8. The third kappa shape index (κ3) is 12.4. The molecule has 4 aliphatic rings. The maximum absolute atomic E-state index is 15.9. The number of rotatable bonds is 18. The molecule has 7 atom stereocenters. The van der Waals surface area contributed by atoms with Gasteiger partial charge in [0, 0.05) is 42.3 Å². The van der Waals surface area contributed by atoms with Crippen LogP contribution in [0.3, 0.4) is 0 Å². The minimum absolute atomic E-state index is 0. The Hall–Kier alpha value is 0.772. The number of aliphatic hydroxyl groups excluding tert-OH is 1. The third-order valence-electron chi connectivity index (χ3n) is 9.13. The Kier molecular flexibility index (Phi) is 16.5. The molecule has 2 aliphatic heterocycles. The van der Waals surface area contributed by atoms with Gasteiger partial charge in [0.1, 0.15) is 11.9 Å². The van der Waals surface area contributed by atoms with Crippen LogP contribution in [0.2, 0.25) is 0 Å². The average molecular weight is 867 g/mol. The fraction of sp³-hybridized carbons (Fsp3) is 0.931. The zero-order valence-corrected chi connectivity index (χ0v) is 30.6. The van der Waals surface area contributed by atoms with Crippen LogP contribution in [0.4, 0.5) is 22.0 Å². The first-order valence-corrected chi connectivity index (χ1v) is 16.5. The molecule has 2 heterocycles. The van der Waals surface area contributed by atoms with E-state index >= 15 is 4.39 Å². The van der Waals surface area contributed by atoms with Crippen molar-refractivity contribution in [2.24, 2.45) is 11.7 Å². The molecular formula is C29H53F5N6OSU. The van der Waals surface area contributed by atoms with E-state index in [0.717, 1.165) is 44.9 Å². The fourth-order valence-electron chi connectivity index (χ4n) is 6.36. The van der Waals surface area contributed by atoms with E-state index in [2.05, 4.69) is 35.1 Å². The van der Waals surface area contributed by atoms with E-state index in [1.807, 2.05) is 0 Å². The van der Waals surface area contributed by atoms with Crippen molar-refractivity contribution in [2.75, 3.05) is 19.0 Å². The Bertz CT molecular complexity index is 804. The molecule has 0 aromatic heterocycles. The summed E-state index contributed by atoms with van der Waals surface area (Å²) < 4.78 is 68.3. The Balaban J connectivity index is 0.00000323. The van der Waals surface area contributed by atoms with Gasteiger partial charge in [0.25, 0.3) is 0 Å². The summed E-state index contributed by atoms with van der Waals surface area (Å²) in [6.45, 7) is 6.76. The Morgan fingerprint density at radius 2 is 1.79 bits per heavy atom. The van der Waals surface area contributed by atoms with Crippen LogP contribution in [0, 0.1) is 51.4 Å². The zero-order chi connectivity index (χ0) is 29.8. The summed E-state index contributed by atoms with van der Waals surface area (Å²) in [5, 5.41) is 22.7. The van der Waals surface area contributed by atoms with Crippen molar-refractivity contribution in [3.8, 4) is 0 Å². The number of hydrogen-bond acceptors (Lipinski definition) is 8. The molecule has 7 N–H and O–H groups in total. The molecule has 2 saturated carbocycles. The molecule has 0 bridgehead atoms. The number of nitrogens with two attached hydrogens (primary N) is 1. The molecule has 250 valence electrons. The number of nitrogens with one attached hydrogen (secondary N) is 4. The maximum atomic E-state index is 15.9. The van der Waals surface area contributed by atoms with Crippen molar-refractivity contribution in [1.82, 2.24) is 26.2 Å². The van der Waals surface area contributed by atoms with Crippen LogP contribution < -0.4 is 27.0 Å². The third-order valence-corrected chi connectivity index (χ3v) is 10.4. The fourth-order valence-corrected chi connectivity index (χ4v) is 7.48. The molecule has 43 heavy (non-hydrogen) atoms. The minimum Gasteiger partial charge on any atom is -0.378 e. The van der Waals surface area contributed by atoms with Crippen LogP contribution in [0.15, 0.2) is 0 Å². The van der Waals surface area contributed by atoms with Gasteiger partial charge < -0.3 is 35.8 Å². The van der Waals surface area contributed by atoms with Crippen LogP contribution in [-0.2, 0) is 0 Å². The van der Waals surface area contributed by atoms with Gasteiger partial charge >= 0.3 is 37.3 Å². The molecule has 0 spiro atoms. The first kappa shape index (κ1) is 39.9. The van der Waals surface area contributed by atoms with Gasteiger partial charge in [-0.25, -0.2) is 8.78 Å². The quantitative estimate of drug-likeness (QED) is 0.0405. The number of alkyl halides is 5. The molecule has 0 aromatic carbocycles. The Morgan fingerprint density at radius 3 is 2.37 bits per heavy atom. The molecular weight excluding hydrogens is 813 g/mol. The smallest absolute Gasteiger partial charge is 0.378 e. The number of likely N-dealkylation sites (tertiary alicyclic amines) is 1. The average Bonchev–Trinajstić information content (AvgIpc) is 3.80. The van der Waals surface area contributed by atoms with E-state index in [9.17, 15) is 22.7 Å². The number of nitrogens with zero attached hydrogens (tertiary/aromatic N) is 1. The van der Waals surface area contributed by atoms with Gasteiger partial charge in [0.05, 0.1) is 18.8 Å². The number of thioether (sulfide) groups is 1. The number of aliphatic hydroxyl groups is 1. The summed E-state index contributed by atoms with van der Waals surface area (Å²) >= 11 is 1.65. The van der Waals surface area contributed by atoms with E-state index in [-0.39, 0.29) is 80.9 Å². The van der Waals surface area contributed by atoms with Crippen molar-refractivity contribution in [2.45, 2.75) is 144 Å². The van der Waals surface area contributed by atoms with Crippen molar-refractivity contribution >= 4 is 11.8 Å². The zero-order valence-electron chi connectivity index (χ0n) is 25.6. The number of hydrogen-bond donors (Lipinski definition) is 6. The topological polar surface area (TPSA) is 108 Å². The van der Waals surface area contributed by atoms with Gasteiger partial charge in [-0.1, -0.05) is 26.2 Å². The second-order valence-corrected chi connectivity index (χ2v) is 14.0. The van der Waals surface area contributed by atoms with Crippen molar-refractivity contribution in [1.29, 1.82) is 0 Å². The van der Waals surface area contributed by atoms with Gasteiger partial charge in [-0.15, -0.1) is 17.8 Å². The number of unbranched alkanes of at least 4 members (excludes halogenated alkanes) is 2. The first-order valence-electron chi connectivity index (χ1n) is 15.4. The Labute approximate surface area is 283 Å². The molecule has 2 aliphatic carbocycles. The van der Waals surface area contributed by atoms with Gasteiger partial charge in [-0.2, -0.15) is 13.2 Å². The monoisotopic (exact) mass is 866 g/mol. The molecule has 2 saturated heterocycles. The van der Waals surface area contributed by atoms with Crippen molar-refractivity contribution in [3.63, 3.8) is 0 Å². The minimum atomic E-state index is -4.41. The van der Waals surface area contributed by atoms with Gasteiger partial charge in [0.2, 0.25) is 0 Å². The molecule has 4 fully saturated rings. The maximum Gasteiger partial charge on any atom is 2.00 e. The van der Waals surface area contributed by atoms with E-state index in [1.54, 1.807) is 16.7 Å². The summed E-state index contributed by atoms with van der Waals surface area (Å²) in [5.41, 5.74) is 5.07. The molecule has 4 rings (SSSR count). The van der Waals surface area contributed by atoms with Crippen LogP contribution in [0.5, 0.6) is 0 Å². The SMILES string of the molecule is [CH2-]C(NC(NCSC1CCC(NC(O)CC(F)(F)F)CC1)C(F)C(N)N1CC(F)(C2CC2)C1)C1NC1CCCCC.[CH3-].[U+2]. The van der Waals surface area contributed by atoms with Crippen LogP contribution >= 0.6 is 11.8 Å². The summed E-state index contributed by atoms with van der Waals surface area (Å²) in [7, 11) is 0. The van der Waals surface area contributed by atoms with Crippen molar-refractivity contribution in [3.05, 3.63) is 14.4 Å². The second-order valence-electron chi connectivity index (χ2n) is 12.7. The molecule has 7 unspecified atom stereocenters. The van der Waals surface area contributed by atoms with Crippen molar-refractivity contribution < 1.29 is 58.2 Å². The predicted octanol–water partition coefficient (Wildman–Crippen LogP) is 3.98.